The molecule has 0 atom stereocenters. The van der Waals surface area contributed by atoms with E-state index in [-0.39, 0.29) is 61.0 Å². The number of Topliss-reactive ketones (excluding diaryl/α,β-unsaturated/α-hetero) is 1. The van der Waals surface area contributed by atoms with Crippen LogP contribution in [0.25, 0.3) is 11.2 Å². The van der Waals surface area contributed by atoms with E-state index in [4.69, 9.17) is 9.47 Å². The summed E-state index contributed by atoms with van der Waals surface area (Å²) in [5.41, 5.74) is -1.32. The molecule has 3 N–H and O–H groups in total. The predicted octanol–water partition coefficient (Wildman–Crippen LogP) is 7.35. The molecule has 0 spiro atoms. The molecule has 1 aromatic carbocycles. The Bertz CT molecular complexity index is 1530. The quantitative estimate of drug-likeness (QED) is 0.121. The molecule has 4 rings (SSSR count). The second kappa shape index (κ2) is 15.3. The average Bonchev–Trinajstić information content (AvgIpc) is 3.39. The van der Waals surface area contributed by atoms with E-state index in [1.165, 1.54) is 19.2 Å². The number of alkyl halides is 8. The molecule has 0 saturated heterocycles. The normalized spacial score (nSPS) is 17.2. The highest BCUT2D eigenvalue weighted by Gasteiger charge is 2.41. The summed E-state index contributed by atoms with van der Waals surface area (Å²) >= 11 is 0. The van der Waals surface area contributed by atoms with Crippen LogP contribution in [-0.4, -0.2) is 59.6 Å². The number of benzene rings is 1. The zero-order valence-corrected chi connectivity index (χ0v) is 25.2. The summed E-state index contributed by atoms with van der Waals surface area (Å²) in [5, 5.41) is 5.05. The van der Waals surface area contributed by atoms with Gasteiger partial charge in [-0.15, -0.1) is 0 Å². The summed E-state index contributed by atoms with van der Waals surface area (Å²) in [6, 6.07) is 4.44. The third-order valence-electron chi connectivity index (χ3n) is 7.82. The number of halogens is 8. The van der Waals surface area contributed by atoms with Gasteiger partial charge in [-0.05, 0) is 61.8 Å². The lowest BCUT2D eigenvalue weighted by Gasteiger charge is -2.29. The van der Waals surface area contributed by atoms with Crippen LogP contribution in [0.15, 0.2) is 24.3 Å². The van der Waals surface area contributed by atoms with Crippen molar-refractivity contribution in [1.82, 2.24) is 20.3 Å². The molecule has 1 aliphatic carbocycles. The van der Waals surface area contributed by atoms with Gasteiger partial charge in [-0.2, -0.15) is 36.3 Å². The number of carbonyl (C=O) groups is 2. The Morgan fingerprint density at radius 2 is 1.77 bits per heavy atom. The minimum Gasteiger partial charge on any atom is -0.471 e. The lowest BCUT2D eigenvalue weighted by Crippen LogP contribution is -2.27. The standard InChI is InChI=1S/C30H33F8N5O4/c1-46-15-25(45)39-13-17-7-10-20(30(36,37)38)21(11-17)40-28-41-22-12-19(27(42-26(22)43-28)47-14-24(31)32)23(44)4-2-3-16-5-8-18(9-6-16)29(33,34)35/h7,10-12,16,18,24H,2-6,8-9,13-15H2,1H3,(H,39,45)(H2,40,41,42,43). The van der Waals surface area contributed by atoms with Crippen LogP contribution < -0.4 is 15.4 Å². The van der Waals surface area contributed by atoms with Crippen molar-refractivity contribution in [2.24, 2.45) is 11.8 Å². The van der Waals surface area contributed by atoms with E-state index in [2.05, 4.69) is 25.6 Å². The van der Waals surface area contributed by atoms with E-state index in [0.29, 0.717) is 31.2 Å². The maximum Gasteiger partial charge on any atom is 0.418 e. The van der Waals surface area contributed by atoms with Crippen LogP contribution in [0.5, 0.6) is 5.88 Å². The van der Waals surface area contributed by atoms with Crippen molar-refractivity contribution in [2.75, 3.05) is 25.6 Å². The number of anilines is 2. The lowest BCUT2D eigenvalue weighted by molar-refractivity contribution is -0.184. The number of ketones is 1. The van der Waals surface area contributed by atoms with Crippen molar-refractivity contribution in [3.8, 4) is 5.88 Å². The second-order valence-corrected chi connectivity index (χ2v) is 11.3. The van der Waals surface area contributed by atoms with E-state index in [1.807, 2.05) is 0 Å². The van der Waals surface area contributed by atoms with Crippen LogP contribution in [0, 0.1) is 11.8 Å². The molecular formula is C30H33F8N5O4. The van der Waals surface area contributed by atoms with Gasteiger partial charge in [-0.1, -0.05) is 12.5 Å². The number of pyridine rings is 1. The van der Waals surface area contributed by atoms with Crippen molar-refractivity contribution in [3.05, 3.63) is 41.0 Å². The number of hydrogen-bond acceptors (Lipinski definition) is 7. The molecule has 1 aliphatic rings. The van der Waals surface area contributed by atoms with Crippen LogP contribution in [0.1, 0.15) is 66.4 Å². The van der Waals surface area contributed by atoms with Gasteiger partial charge in [0.2, 0.25) is 17.7 Å². The molecule has 47 heavy (non-hydrogen) atoms. The van der Waals surface area contributed by atoms with E-state index >= 15 is 0 Å². The molecule has 3 aromatic rings. The zero-order valence-electron chi connectivity index (χ0n) is 25.2. The summed E-state index contributed by atoms with van der Waals surface area (Å²) in [6.45, 7) is -1.42. The Hall–Kier alpha value is -4.02. The number of fused-ring (bicyclic) bond motifs is 1. The second-order valence-electron chi connectivity index (χ2n) is 11.3. The first-order valence-electron chi connectivity index (χ1n) is 14.8. The molecule has 2 heterocycles. The van der Waals surface area contributed by atoms with Gasteiger partial charge < -0.3 is 25.1 Å². The first-order valence-corrected chi connectivity index (χ1v) is 14.8. The van der Waals surface area contributed by atoms with Crippen molar-refractivity contribution < 1.29 is 54.2 Å². The number of carbonyl (C=O) groups excluding carboxylic acids is 2. The number of amides is 1. The summed E-state index contributed by atoms with van der Waals surface area (Å²) in [5.74, 6) is -2.93. The van der Waals surface area contributed by atoms with Gasteiger partial charge >= 0.3 is 12.4 Å². The number of aromatic amines is 1. The molecule has 1 saturated carbocycles. The number of ether oxygens (including phenoxy) is 2. The smallest absolute Gasteiger partial charge is 0.418 e. The first-order chi connectivity index (χ1) is 22.1. The molecule has 17 heteroatoms. The Labute approximate surface area is 263 Å². The minimum absolute atomic E-state index is 0.0273. The number of hydrogen-bond donors (Lipinski definition) is 3. The van der Waals surface area contributed by atoms with Gasteiger partial charge in [-0.25, -0.2) is 8.78 Å². The van der Waals surface area contributed by atoms with Gasteiger partial charge in [0.25, 0.3) is 6.43 Å². The number of methoxy groups -OCH3 is 1. The third kappa shape index (κ3) is 9.98. The highest BCUT2D eigenvalue weighted by molar-refractivity contribution is 6.00. The highest BCUT2D eigenvalue weighted by atomic mass is 19.4. The highest BCUT2D eigenvalue weighted by Crippen LogP contribution is 2.41. The molecule has 258 valence electrons. The van der Waals surface area contributed by atoms with Crippen LogP contribution in [-0.2, 0) is 22.3 Å². The molecule has 2 aromatic heterocycles. The summed E-state index contributed by atoms with van der Waals surface area (Å²) in [6.07, 6.45) is -10.3. The predicted molar refractivity (Wildman–Crippen MR) is 154 cm³/mol. The van der Waals surface area contributed by atoms with Crippen molar-refractivity contribution in [3.63, 3.8) is 0 Å². The zero-order chi connectivity index (χ0) is 34.4. The maximum absolute atomic E-state index is 13.8. The summed E-state index contributed by atoms with van der Waals surface area (Å²) < 4.78 is 116. The van der Waals surface area contributed by atoms with Gasteiger partial charge in [0.05, 0.1) is 28.2 Å². The minimum atomic E-state index is -4.77. The van der Waals surface area contributed by atoms with E-state index in [9.17, 15) is 44.7 Å². The number of rotatable bonds is 14. The summed E-state index contributed by atoms with van der Waals surface area (Å²) in [4.78, 5) is 35.8. The Morgan fingerprint density at radius 1 is 1.04 bits per heavy atom. The maximum atomic E-state index is 13.8. The lowest BCUT2D eigenvalue weighted by atomic mass is 9.79. The number of nitrogens with one attached hydrogen (secondary N) is 3. The van der Waals surface area contributed by atoms with Gasteiger partial charge in [0.15, 0.2) is 18.0 Å². The molecule has 1 fully saturated rings. The monoisotopic (exact) mass is 679 g/mol. The van der Waals surface area contributed by atoms with Gasteiger partial charge in [0.1, 0.15) is 6.61 Å². The topological polar surface area (TPSA) is 118 Å². The molecule has 0 radical (unpaired) electrons. The third-order valence-corrected chi connectivity index (χ3v) is 7.82. The number of nitrogens with zero attached hydrogens (tertiary/aromatic N) is 2. The number of imidazole rings is 1. The molecule has 9 nitrogen and oxygen atoms in total. The van der Waals surface area contributed by atoms with Crippen molar-refractivity contribution in [1.29, 1.82) is 0 Å². The van der Waals surface area contributed by atoms with Crippen LogP contribution >= 0.6 is 0 Å². The fourth-order valence-corrected chi connectivity index (χ4v) is 5.46. The number of aromatic nitrogens is 3. The van der Waals surface area contributed by atoms with Gasteiger partial charge in [0, 0.05) is 20.1 Å². The fourth-order valence-electron chi connectivity index (χ4n) is 5.46. The fraction of sp³-hybridized carbons (Fsp3) is 0.533. The average molecular weight is 680 g/mol. The molecule has 0 unspecified atom stereocenters. The van der Waals surface area contributed by atoms with Crippen molar-refractivity contribution in [2.45, 2.75) is 70.3 Å². The van der Waals surface area contributed by atoms with E-state index in [1.54, 1.807) is 0 Å². The van der Waals surface area contributed by atoms with Gasteiger partial charge in [-0.3, -0.25) is 9.59 Å². The summed E-state index contributed by atoms with van der Waals surface area (Å²) in [7, 11) is 1.31. The molecule has 1 amide bonds. The Kier molecular flexibility index (Phi) is 11.6. The largest absolute Gasteiger partial charge is 0.471 e. The van der Waals surface area contributed by atoms with Crippen LogP contribution in [0.3, 0.4) is 0 Å². The van der Waals surface area contributed by atoms with E-state index < -0.39 is 60.1 Å². The first kappa shape index (κ1) is 35.8. The Morgan fingerprint density at radius 3 is 2.40 bits per heavy atom. The molecule has 0 bridgehead atoms. The number of H-pyrrole nitrogens is 1. The molecular weight excluding hydrogens is 646 g/mol. The molecule has 0 aliphatic heterocycles. The SMILES string of the molecule is COCC(=O)NCc1ccc(C(F)(F)F)c(Nc2nc3nc(OCC(F)F)c(C(=O)CCCC4CCC(C(F)(F)F)CC4)cc3[nH]2)c1. The van der Waals surface area contributed by atoms with Crippen molar-refractivity contribution >= 4 is 34.5 Å². The van der Waals surface area contributed by atoms with Crippen LogP contribution in [0.2, 0.25) is 0 Å². The van der Waals surface area contributed by atoms with E-state index in [0.717, 1.165) is 12.1 Å². The van der Waals surface area contributed by atoms with Crippen LogP contribution in [0.4, 0.5) is 46.8 Å². The Balaban J connectivity index is 1.52.